The Hall–Kier alpha value is -3.30. The first-order chi connectivity index (χ1) is 15.9. The molecule has 8 nitrogen and oxygen atoms in total. The van der Waals surface area contributed by atoms with Crippen LogP contribution in [0.3, 0.4) is 0 Å². The van der Waals surface area contributed by atoms with Crippen LogP contribution in [0.2, 0.25) is 0 Å². The Labute approximate surface area is 192 Å². The van der Waals surface area contributed by atoms with Crippen LogP contribution in [-0.4, -0.2) is 57.1 Å². The molecule has 0 radical (unpaired) electrons. The van der Waals surface area contributed by atoms with Crippen LogP contribution in [0.5, 0.6) is 5.75 Å². The molecule has 2 atom stereocenters. The third-order valence-corrected chi connectivity index (χ3v) is 5.98. The highest BCUT2D eigenvalue weighted by Crippen LogP contribution is 2.38. The van der Waals surface area contributed by atoms with Crippen LogP contribution in [0, 0.1) is 5.82 Å². The number of hydrogen-bond donors (Lipinski definition) is 0. The van der Waals surface area contributed by atoms with Gasteiger partial charge in [-0.1, -0.05) is 12.6 Å². The van der Waals surface area contributed by atoms with Gasteiger partial charge in [0.1, 0.15) is 18.0 Å². The van der Waals surface area contributed by atoms with Crippen LogP contribution in [0.15, 0.2) is 43.4 Å². The van der Waals surface area contributed by atoms with Crippen molar-refractivity contribution in [3.63, 3.8) is 0 Å². The first-order valence-corrected chi connectivity index (χ1v) is 11.0. The third-order valence-electron chi connectivity index (χ3n) is 5.98. The second-order valence-electron chi connectivity index (χ2n) is 8.63. The summed E-state index contributed by atoms with van der Waals surface area (Å²) in [5.74, 6) is 1.90. The van der Waals surface area contributed by atoms with E-state index in [1.165, 1.54) is 19.5 Å². The topological polar surface area (TPSA) is 68.5 Å². The van der Waals surface area contributed by atoms with Crippen molar-refractivity contribution in [2.24, 2.45) is 0 Å². The lowest BCUT2D eigenvalue weighted by molar-refractivity contribution is -0.0705. The van der Waals surface area contributed by atoms with Crippen molar-refractivity contribution in [1.82, 2.24) is 24.6 Å². The summed E-state index contributed by atoms with van der Waals surface area (Å²) in [5, 5.41) is 4.37. The predicted octanol–water partition coefficient (Wildman–Crippen LogP) is 3.55. The molecular formula is C24H27FN6O2. The Morgan fingerprint density at radius 2 is 1.91 bits per heavy atom. The van der Waals surface area contributed by atoms with Crippen LogP contribution < -0.4 is 9.64 Å². The van der Waals surface area contributed by atoms with Crippen LogP contribution in [0.25, 0.3) is 17.2 Å². The average Bonchev–Trinajstić information content (AvgIpc) is 3.27. The largest absolute Gasteiger partial charge is 0.494 e. The summed E-state index contributed by atoms with van der Waals surface area (Å²) in [4.78, 5) is 13.6. The van der Waals surface area contributed by atoms with Gasteiger partial charge in [0, 0.05) is 25.8 Å². The molecule has 0 aliphatic carbocycles. The summed E-state index contributed by atoms with van der Waals surface area (Å²) in [6, 6.07) is 6.95. The van der Waals surface area contributed by atoms with Crippen molar-refractivity contribution in [1.29, 1.82) is 0 Å². The number of benzene rings is 1. The summed E-state index contributed by atoms with van der Waals surface area (Å²) in [6.45, 7) is 11.4. The molecule has 172 valence electrons. The van der Waals surface area contributed by atoms with Crippen LogP contribution in [-0.2, 0) is 17.8 Å². The number of morpholine rings is 1. The number of hydrogen-bond acceptors (Lipinski definition) is 7. The van der Waals surface area contributed by atoms with Crippen molar-refractivity contribution >= 4 is 11.6 Å². The van der Waals surface area contributed by atoms with Crippen molar-refractivity contribution < 1.29 is 13.9 Å². The smallest absolute Gasteiger partial charge is 0.168 e. The van der Waals surface area contributed by atoms with Gasteiger partial charge >= 0.3 is 0 Å². The van der Waals surface area contributed by atoms with Crippen LogP contribution in [0.4, 0.5) is 10.2 Å². The highest BCUT2D eigenvalue weighted by molar-refractivity contribution is 5.84. The third kappa shape index (κ3) is 4.09. The van der Waals surface area contributed by atoms with Gasteiger partial charge in [-0.2, -0.15) is 9.78 Å². The predicted molar refractivity (Wildman–Crippen MR) is 123 cm³/mol. The molecule has 9 heteroatoms. The van der Waals surface area contributed by atoms with Gasteiger partial charge in [0.15, 0.2) is 17.4 Å². The summed E-state index contributed by atoms with van der Waals surface area (Å²) in [5.41, 5.74) is 2.85. The van der Waals surface area contributed by atoms with E-state index in [4.69, 9.17) is 14.5 Å². The summed E-state index contributed by atoms with van der Waals surface area (Å²) >= 11 is 0. The molecule has 0 unspecified atom stereocenters. The van der Waals surface area contributed by atoms with Gasteiger partial charge in [-0.3, -0.25) is 4.90 Å². The zero-order valence-electron chi connectivity index (χ0n) is 19.0. The SMILES string of the molecule is C=C1N(Cc2ccc(F)c(OC)c2)c2ncc(CN3C[C@@H](C)O[C@@H](C)C3)cc2-c2ncnn21. The van der Waals surface area contributed by atoms with E-state index in [-0.39, 0.29) is 18.0 Å². The molecule has 1 saturated heterocycles. The minimum Gasteiger partial charge on any atom is -0.494 e. The molecule has 1 aromatic carbocycles. The average molecular weight is 451 g/mol. The number of fused-ring (bicyclic) bond motifs is 3. The van der Waals surface area contributed by atoms with Crippen LogP contribution >= 0.6 is 0 Å². The summed E-state index contributed by atoms with van der Waals surface area (Å²) in [7, 11) is 1.46. The number of ether oxygens (including phenoxy) is 2. The fourth-order valence-electron chi connectivity index (χ4n) is 4.64. The number of nitrogens with zero attached hydrogens (tertiary/aromatic N) is 6. The van der Waals surface area contributed by atoms with E-state index in [0.717, 1.165) is 42.1 Å². The molecular weight excluding hydrogens is 423 g/mol. The van der Waals surface area contributed by atoms with E-state index in [1.54, 1.807) is 16.8 Å². The van der Waals surface area contributed by atoms with E-state index in [0.29, 0.717) is 18.2 Å². The molecule has 2 aromatic heterocycles. The fourth-order valence-corrected chi connectivity index (χ4v) is 4.64. The molecule has 0 bridgehead atoms. The van der Waals surface area contributed by atoms with Crippen molar-refractivity contribution in [2.75, 3.05) is 25.1 Å². The Morgan fingerprint density at radius 1 is 1.12 bits per heavy atom. The Kier molecular flexibility index (Phi) is 5.59. The van der Waals surface area contributed by atoms with Gasteiger partial charge in [0.2, 0.25) is 0 Å². The second kappa shape index (κ2) is 8.57. The lowest BCUT2D eigenvalue weighted by atomic mass is 10.1. The zero-order valence-corrected chi connectivity index (χ0v) is 19.0. The lowest BCUT2D eigenvalue weighted by Gasteiger charge is -2.35. The fraction of sp³-hybridized carbons (Fsp3) is 0.375. The molecule has 0 saturated carbocycles. The number of rotatable bonds is 5. The van der Waals surface area contributed by atoms with Gasteiger partial charge < -0.3 is 14.4 Å². The summed E-state index contributed by atoms with van der Waals surface area (Å²) in [6.07, 6.45) is 3.83. The maximum absolute atomic E-state index is 13.9. The molecule has 0 spiro atoms. The van der Waals surface area contributed by atoms with Gasteiger partial charge in [-0.15, -0.1) is 0 Å². The molecule has 3 aromatic rings. The number of methoxy groups -OCH3 is 1. The molecule has 1 fully saturated rings. The molecule has 2 aliphatic heterocycles. The first kappa shape index (κ1) is 21.5. The number of aromatic nitrogens is 4. The van der Waals surface area contributed by atoms with Gasteiger partial charge in [0.05, 0.1) is 31.4 Å². The van der Waals surface area contributed by atoms with Gasteiger partial charge in [-0.05, 0) is 43.2 Å². The maximum atomic E-state index is 13.9. The monoisotopic (exact) mass is 450 g/mol. The van der Waals surface area contributed by atoms with Crippen LogP contribution in [0.1, 0.15) is 25.0 Å². The highest BCUT2D eigenvalue weighted by Gasteiger charge is 2.30. The number of anilines is 1. The molecule has 0 N–H and O–H groups in total. The molecule has 33 heavy (non-hydrogen) atoms. The van der Waals surface area contributed by atoms with E-state index in [2.05, 4.69) is 41.5 Å². The standard InChI is InChI=1S/C24H27FN6O2/c1-15-10-29(11-16(2)33-15)12-19-7-20-23(26-9-19)30(17(3)31-24(20)27-14-28-31)13-18-5-6-21(25)22(8-18)32-4/h5-9,14-16H,3,10-13H2,1-2,4H3/t15-,16+. The van der Waals surface area contributed by atoms with Gasteiger partial charge in [-0.25, -0.2) is 14.4 Å². The van der Waals surface area contributed by atoms with E-state index < -0.39 is 5.82 Å². The molecule has 4 heterocycles. The number of halogens is 1. The van der Waals surface area contributed by atoms with Crippen molar-refractivity contribution in [3.8, 4) is 17.1 Å². The first-order valence-electron chi connectivity index (χ1n) is 11.0. The summed E-state index contributed by atoms with van der Waals surface area (Å²) < 4.78 is 26.6. The maximum Gasteiger partial charge on any atom is 0.168 e. The molecule has 0 amide bonds. The van der Waals surface area contributed by atoms with Crippen molar-refractivity contribution in [2.45, 2.75) is 39.1 Å². The van der Waals surface area contributed by atoms with Crippen molar-refractivity contribution in [3.05, 3.63) is 60.3 Å². The zero-order chi connectivity index (χ0) is 23.1. The molecule has 5 rings (SSSR count). The highest BCUT2D eigenvalue weighted by atomic mass is 19.1. The van der Waals surface area contributed by atoms with E-state index in [9.17, 15) is 4.39 Å². The Balaban J connectivity index is 1.47. The quantitative estimate of drug-likeness (QED) is 0.589. The van der Waals surface area contributed by atoms with E-state index >= 15 is 0 Å². The minimum atomic E-state index is -0.396. The second-order valence-corrected chi connectivity index (χ2v) is 8.63. The van der Waals surface area contributed by atoms with E-state index in [1.807, 2.05) is 11.1 Å². The number of pyridine rings is 1. The lowest BCUT2D eigenvalue weighted by Crippen LogP contribution is -2.44. The molecule has 2 aliphatic rings. The Morgan fingerprint density at radius 3 is 2.67 bits per heavy atom. The van der Waals surface area contributed by atoms with Gasteiger partial charge in [0.25, 0.3) is 0 Å². The minimum absolute atomic E-state index is 0.203. The normalized spacial score (nSPS) is 20.5. The Bertz CT molecular complexity index is 1190.